The zero-order chi connectivity index (χ0) is 23.2. The summed E-state index contributed by atoms with van der Waals surface area (Å²) in [5, 5.41) is 7.47. The number of carbonyl (C=O) groups is 1. The van der Waals surface area contributed by atoms with E-state index in [9.17, 15) is 4.79 Å². The summed E-state index contributed by atoms with van der Waals surface area (Å²) in [6.45, 7) is 4.23. The second-order valence-corrected chi connectivity index (χ2v) is 10.1. The summed E-state index contributed by atoms with van der Waals surface area (Å²) in [5.41, 5.74) is 3.17. The number of para-hydroxylation sites is 1. The number of Topliss-reactive ketones (excluding diaryl/α,β-unsaturated/α-hetero) is 1. The molecule has 7 nitrogen and oxygen atoms in total. The fourth-order valence-corrected chi connectivity index (χ4v) is 5.37. The first-order chi connectivity index (χ1) is 15.9. The van der Waals surface area contributed by atoms with Crippen molar-refractivity contribution >= 4 is 38.4 Å². The molecule has 2 N–H and O–H groups in total. The number of hydrogen-bond acceptors (Lipinski definition) is 8. The van der Waals surface area contributed by atoms with Crippen LogP contribution < -0.4 is 20.1 Å². The lowest BCUT2D eigenvalue weighted by atomic mass is 9.73. The van der Waals surface area contributed by atoms with Crippen molar-refractivity contribution < 1.29 is 14.3 Å². The molecule has 3 aromatic rings. The largest absolute Gasteiger partial charge is 0.497 e. The van der Waals surface area contributed by atoms with Crippen LogP contribution in [0.4, 0.5) is 5.13 Å². The molecule has 5 rings (SSSR count). The van der Waals surface area contributed by atoms with Gasteiger partial charge in [-0.1, -0.05) is 37.3 Å². The summed E-state index contributed by atoms with van der Waals surface area (Å²) in [7, 11) is 3.24. The molecule has 0 saturated carbocycles. The number of fused-ring (bicyclic) bond motifs is 1. The van der Waals surface area contributed by atoms with E-state index in [-0.39, 0.29) is 11.2 Å². The minimum Gasteiger partial charge on any atom is -0.497 e. The van der Waals surface area contributed by atoms with Gasteiger partial charge < -0.3 is 20.1 Å². The fraction of sp³-hybridized carbons (Fsp3) is 0.320. The van der Waals surface area contributed by atoms with Gasteiger partial charge in [-0.3, -0.25) is 4.79 Å². The van der Waals surface area contributed by atoms with Gasteiger partial charge in [0.15, 0.2) is 10.9 Å². The van der Waals surface area contributed by atoms with E-state index in [4.69, 9.17) is 14.5 Å². The number of ketones is 1. The van der Waals surface area contributed by atoms with Crippen LogP contribution in [0.15, 0.2) is 58.7 Å². The highest BCUT2D eigenvalue weighted by Crippen LogP contribution is 2.45. The van der Waals surface area contributed by atoms with Crippen LogP contribution in [0.5, 0.6) is 11.5 Å². The van der Waals surface area contributed by atoms with Crippen LogP contribution >= 0.6 is 11.3 Å². The topological polar surface area (TPSA) is 84.8 Å². The second kappa shape index (κ2) is 8.19. The van der Waals surface area contributed by atoms with Crippen molar-refractivity contribution in [1.29, 1.82) is 0 Å². The maximum absolute atomic E-state index is 13.3. The summed E-state index contributed by atoms with van der Waals surface area (Å²) in [6, 6.07) is 13.1. The molecule has 1 aromatic heterocycles. The van der Waals surface area contributed by atoms with Crippen molar-refractivity contribution in [2.24, 2.45) is 10.4 Å². The smallest absolute Gasteiger partial charge is 0.202 e. The third-order valence-electron chi connectivity index (χ3n) is 5.97. The molecule has 0 fully saturated rings. The van der Waals surface area contributed by atoms with Crippen molar-refractivity contribution in [2.75, 3.05) is 19.5 Å². The minimum absolute atomic E-state index is 0.103. The fourth-order valence-electron chi connectivity index (χ4n) is 4.50. The predicted molar refractivity (Wildman–Crippen MR) is 131 cm³/mol. The van der Waals surface area contributed by atoms with Crippen LogP contribution in [-0.4, -0.2) is 30.9 Å². The van der Waals surface area contributed by atoms with Crippen molar-refractivity contribution in [3.63, 3.8) is 0 Å². The monoisotopic (exact) mass is 462 g/mol. The van der Waals surface area contributed by atoms with E-state index >= 15 is 0 Å². The van der Waals surface area contributed by atoms with E-state index in [1.165, 1.54) is 0 Å². The van der Waals surface area contributed by atoms with Crippen LogP contribution in [0.3, 0.4) is 0 Å². The molecule has 33 heavy (non-hydrogen) atoms. The number of ether oxygens (including phenoxy) is 2. The molecule has 0 amide bonds. The van der Waals surface area contributed by atoms with Crippen LogP contribution in [0, 0.1) is 5.41 Å². The van der Waals surface area contributed by atoms with Crippen LogP contribution in [0.2, 0.25) is 0 Å². The lowest BCUT2D eigenvalue weighted by Crippen LogP contribution is -2.41. The van der Waals surface area contributed by atoms with Gasteiger partial charge in [0.2, 0.25) is 5.96 Å². The zero-order valence-corrected chi connectivity index (χ0v) is 19.9. The first-order valence-electron chi connectivity index (χ1n) is 10.8. The number of aromatic nitrogens is 1. The molecule has 1 atom stereocenters. The number of aliphatic imine (C=N–C) groups is 1. The van der Waals surface area contributed by atoms with E-state index in [2.05, 4.69) is 29.5 Å². The number of guanidine groups is 1. The number of thiazole rings is 1. The second-order valence-electron chi connectivity index (χ2n) is 9.06. The number of anilines is 1. The molecule has 8 heteroatoms. The molecule has 0 saturated heterocycles. The predicted octanol–water partition coefficient (Wildman–Crippen LogP) is 5.07. The summed E-state index contributed by atoms with van der Waals surface area (Å²) < 4.78 is 12.2. The molecule has 2 heterocycles. The van der Waals surface area contributed by atoms with Gasteiger partial charge in [0, 0.05) is 23.3 Å². The molecular weight excluding hydrogens is 436 g/mol. The standard InChI is InChI=1S/C25H26N4O3S/c1-25(2)12-17-21(18(30)13-25)22(15-11-14(31-3)9-10-19(15)32-4)28-23(26-17)29-24-27-16-7-5-6-8-20(16)33-24/h5-11,22H,12-13H2,1-4H3,(H2,26,27,28,29). The van der Waals surface area contributed by atoms with E-state index in [1.807, 2.05) is 42.5 Å². The highest BCUT2D eigenvalue weighted by molar-refractivity contribution is 7.22. The highest BCUT2D eigenvalue weighted by atomic mass is 32.1. The Morgan fingerprint density at radius 3 is 2.70 bits per heavy atom. The van der Waals surface area contributed by atoms with Crippen molar-refractivity contribution in [1.82, 2.24) is 10.3 Å². The normalized spacial score (nSPS) is 19.6. The van der Waals surface area contributed by atoms with Crippen molar-refractivity contribution in [3.8, 4) is 11.5 Å². The summed E-state index contributed by atoms with van der Waals surface area (Å²) in [6.07, 6.45) is 1.23. The van der Waals surface area contributed by atoms with Gasteiger partial charge in [0.25, 0.3) is 0 Å². The Morgan fingerprint density at radius 2 is 1.94 bits per heavy atom. The van der Waals surface area contributed by atoms with Crippen molar-refractivity contribution in [3.05, 3.63) is 59.3 Å². The van der Waals surface area contributed by atoms with Gasteiger partial charge in [0.1, 0.15) is 17.5 Å². The number of benzene rings is 2. The quantitative estimate of drug-likeness (QED) is 0.563. The molecule has 2 aromatic carbocycles. The molecule has 170 valence electrons. The van der Waals surface area contributed by atoms with Crippen LogP contribution in [0.25, 0.3) is 10.2 Å². The summed E-state index contributed by atoms with van der Waals surface area (Å²) in [5.74, 6) is 2.01. The highest BCUT2D eigenvalue weighted by Gasteiger charge is 2.40. The van der Waals surface area contributed by atoms with E-state index < -0.39 is 6.04 Å². The third-order valence-corrected chi connectivity index (χ3v) is 6.92. The van der Waals surface area contributed by atoms with E-state index in [1.54, 1.807) is 25.6 Å². The Balaban J connectivity index is 1.60. The van der Waals surface area contributed by atoms with Crippen LogP contribution in [0.1, 0.15) is 38.3 Å². The molecular formula is C25H26N4O3S. The Kier molecular flexibility index (Phi) is 5.32. The summed E-state index contributed by atoms with van der Waals surface area (Å²) in [4.78, 5) is 22.9. The number of nitrogens with zero attached hydrogens (tertiary/aromatic N) is 2. The Morgan fingerprint density at radius 1 is 1.12 bits per heavy atom. The molecule has 1 aliphatic heterocycles. The van der Waals surface area contributed by atoms with Gasteiger partial charge in [-0.25, -0.2) is 9.98 Å². The molecule has 0 bridgehead atoms. The Bertz CT molecular complexity index is 1270. The molecule has 0 radical (unpaired) electrons. The molecule has 2 aliphatic rings. The number of allylic oxidation sites excluding steroid dienone is 1. The molecule has 1 aliphatic carbocycles. The van der Waals surface area contributed by atoms with Gasteiger partial charge in [-0.15, -0.1) is 0 Å². The van der Waals surface area contributed by atoms with Gasteiger partial charge in [0.05, 0.1) is 24.4 Å². The van der Waals surface area contributed by atoms with Crippen LogP contribution in [-0.2, 0) is 4.79 Å². The SMILES string of the molecule is COc1ccc(OC)c(C2N=C(Nc3nc4ccccc4s3)NC3=C2C(=O)CC(C)(C)C3)c1. The number of methoxy groups -OCH3 is 2. The zero-order valence-electron chi connectivity index (χ0n) is 19.1. The third kappa shape index (κ3) is 4.06. The van der Waals surface area contributed by atoms with Gasteiger partial charge >= 0.3 is 0 Å². The Hall–Kier alpha value is -3.39. The average molecular weight is 463 g/mol. The molecule has 0 spiro atoms. The maximum Gasteiger partial charge on any atom is 0.202 e. The number of nitrogens with one attached hydrogen (secondary N) is 2. The van der Waals surface area contributed by atoms with E-state index in [0.717, 1.165) is 33.0 Å². The Labute approximate surface area is 196 Å². The lowest BCUT2D eigenvalue weighted by Gasteiger charge is -2.37. The van der Waals surface area contributed by atoms with Gasteiger partial charge in [-0.05, 0) is 42.2 Å². The van der Waals surface area contributed by atoms with E-state index in [0.29, 0.717) is 29.5 Å². The van der Waals surface area contributed by atoms with Crippen molar-refractivity contribution in [2.45, 2.75) is 32.7 Å². The number of rotatable bonds is 4. The summed E-state index contributed by atoms with van der Waals surface area (Å²) >= 11 is 1.56. The lowest BCUT2D eigenvalue weighted by molar-refractivity contribution is -0.118. The minimum atomic E-state index is -0.508. The number of hydrogen-bond donors (Lipinski definition) is 2. The van der Waals surface area contributed by atoms with Gasteiger partial charge in [-0.2, -0.15) is 0 Å². The molecule has 1 unspecified atom stereocenters. The maximum atomic E-state index is 13.3. The average Bonchev–Trinajstić information content (AvgIpc) is 3.19. The first-order valence-corrected chi connectivity index (χ1v) is 11.6. The number of carbonyl (C=O) groups excluding carboxylic acids is 1. The first kappa shape index (κ1) is 21.5.